The number of thiazole rings is 4. The maximum atomic E-state index is 14.0. The predicted molar refractivity (Wildman–Crippen MR) is 526 cm³/mol. The number of hydrogen-bond donors (Lipinski definition) is 4. The fraction of sp³-hybridized carbons (Fsp3) is 0.721. The monoisotopic (exact) mass is 1720 g/mol. The van der Waals surface area contributed by atoms with Crippen molar-refractivity contribution < 1.29 is 13.6 Å². The van der Waals surface area contributed by atoms with Gasteiger partial charge in [-0.3, -0.25) is 4.79 Å². The number of aryl methyl sites for hydroxylation is 1. The Kier molecular flexibility index (Phi) is 45.7. The zero-order valence-corrected chi connectivity index (χ0v) is 87.8. The summed E-state index contributed by atoms with van der Waals surface area (Å²) in [5.74, 6) is 1.97. The molecule has 0 unspecified atom stereocenters. The highest BCUT2D eigenvalue weighted by Gasteiger charge is 2.24. The van der Waals surface area contributed by atoms with Crippen LogP contribution in [0.1, 0.15) is 385 Å². The topological polar surface area (TPSA) is 130 Å². The Morgan fingerprint density at radius 3 is 1.06 bits per heavy atom. The number of amides is 1. The van der Waals surface area contributed by atoms with Crippen molar-refractivity contribution in [3.8, 4) is 0 Å². The van der Waals surface area contributed by atoms with Crippen molar-refractivity contribution >= 4 is 51.3 Å². The minimum atomic E-state index is -0.0943. The van der Waals surface area contributed by atoms with Crippen LogP contribution in [0.15, 0.2) is 80.5 Å². The standard InChI is InChI=1S/C18H30.C17H28FN.C15H27NO.C14H24N2OS.C14H26N2S.2C13H23NS/c1-17(2,3)12-8-11-15-9-7-10-16(13-15)14-18(4,5)6;1-16(2,3)10-13-7-8-14(15(18)9-13)11-19-12-17(4,5)6;1-14(2,3)9-12-7-8-13(17-12)10-16-11-15(4,5)6;1-13(2,3)7-10-8-18-12(16-10)11(17)15-9-14(4,5)6;1-13(2,3)7-12-16-11(9-17-12)8-15-10-14(4,5)6;2*1-12(2,3)7-10-9-15-11(14-10)8-13(4,5)6/h7,9-10,13H,8,11-12,14H2,1-6H3;7-9,19H,10-12H2,1-6H3;7-8,16H,9-11H2,1-6H3;8H,7,9H2,1-6H3,(H,15,17);9,15H,7-8,10H2,1-6H3;2*9H,7-8H2,1-6H3. The fourth-order valence-corrected chi connectivity index (χ4v) is 16.1. The van der Waals surface area contributed by atoms with Gasteiger partial charge in [0.2, 0.25) is 0 Å². The van der Waals surface area contributed by atoms with Crippen molar-refractivity contribution in [1.82, 2.24) is 41.2 Å². The third-order valence-electron chi connectivity index (χ3n) is 16.8. The number of carbonyl (C=O) groups is 1. The highest BCUT2D eigenvalue weighted by atomic mass is 32.1. The Bertz CT molecular complexity index is 3730. The van der Waals surface area contributed by atoms with E-state index in [0.29, 0.717) is 66.8 Å². The lowest BCUT2D eigenvalue weighted by molar-refractivity contribution is 0.0938. The summed E-state index contributed by atoms with van der Waals surface area (Å²) < 4.78 is 19.8. The molecule has 119 heavy (non-hydrogen) atoms. The molecule has 4 N–H and O–H groups in total. The molecule has 0 aliphatic rings. The number of halogens is 1. The molecule has 0 atom stereocenters. The van der Waals surface area contributed by atoms with Crippen molar-refractivity contribution in [3.63, 3.8) is 0 Å². The lowest BCUT2D eigenvalue weighted by Gasteiger charge is -2.20. The summed E-state index contributed by atoms with van der Waals surface area (Å²) >= 11 is 6.82. The molecule has 0 fully saturated rings. The van der Waals surface area contributed by atoms with Gasteiger partial charge in [0.05, 0.1) is 44.3 Å². The van der Waals surface area contributed by atoms with Crippen LogP contribution in [0, 0.1) is 81.6 Å². The zero-order chi connectivity index (χ0) is 92.1. The summed E-state index contributed by atoms with van der Waals surface area (Å²) in [5, 5.41) is 26.1. The Morgan fingerprint density at radius 1 is 0.328 bits per heavy atom. The number of aromatic nitrogens is 4. The average Bonchev–Trinajstić information content (AvgIpc) is 1.37. The minimum Gasteiger partial charge on any atom is -0.465 e. The second-order valence-electron chi connectivity index (χ2n) is 50.7. The van der Waals surface area contributed by atoms with E-state index in [2.05, 4.69) is 375 Å². The number of furan rings is 1. The van der Waals surface area contributed by atoms with Gasteiger partial charge in [0, 0.05) is 92.0 Å². The molecule has 7 aromatic rings. The molecular weight excluding hydrogens is 1540 g/mol. The van der Waals surface area contributed by atoms with Gasteiger partial charge < -0.3 is 25.7 Å². The molecule has 5 aromatic heterocycles. The maximum absolute atomic E-state index is 14.0. The van der Waals surface area contributed by atoms with Crippen LogP contribution in [0.2, 0.25) is 0 Å². The van der Waals surface area contributed by atoms with E-state index in [-0.39, 0.29) is 38.8 Å². The van der Waals surface area contributed by atoms with Gasteiger partial charge in [-0.2, -0.15) is 0 Å². The lowest BCUT2D eigenvalue weighted by Crippen LogP contribution is -2.32. The molecule has 0 radical (unpaired) electrons. The van der Waals surface area contributed by atoms with E-state index in [1.54, 1.807) is 40.1 Å². The second-order valence-corrected chi connectivity index (χ2v) is 54.4. The molecule has 0 saturated heterocycles. The van der Waals surface area contributed by atoms with Gasteiger partial charge in [-0.25, -0.2) is 24.3 Å². The first kappa shape index (κ1) is 113. The first-order valence-electron chi connectivity index (χ1n) is 44.5. The average molecular weight is 1720 g/mol. The molecule has 0 aliphatic carbocycles. The Labute approximate surface area is 748 Å². The first-order chi connectivity index (χ1) is 53.4. The van der Waals surface area contributed by atoms with E-state index in [1.807, 2.05) is 17.5 Å². The molecule has 7 rings (SSSR count). The molecule has 0 bridgehead atoms. The highest BCUT2D eigenvalue weighted by molar-refractivity contribution is 7.11. The Hall–Kier alpha value is -4.48. The zero-order valence-electron chi connectivity index (χ0n) is 84.6. The molecular formula is C104H181FN8O2S4. The van der Waals surface area contributed by atoms with Gasteiger partial charge in [-0.05, 0) is 162 Å². The highest BCUT2D eigenvalue weighted by Crippen LogP contribution is 2.32. The number of rotatable bonds is 23. The predicted octanol–water partition coefficient (Wildman–Crippen LogP) is 30.2. The molecule has 0 spiro atoms. The van der Waals surface area contributed by atoms with E-state index >= 15 is 0 Å². The third kappa shape index (κ3) is 65.8. The Balaban J connectivity index is 0.000000695. The van der Waals surface area contributed by atoms with E-state index in [4.69, 9.17) is 14.4 Å². The quantitative estimate of drug-likeness (QED) is 0.0495. The van der Waals surface area contributed by atoms with E-state index in [1.165, 1.54) is 80.3 Å². The van der Waals surface area contributed by atoms with Crippen molar-refractivity contribution in [1.29, 1.82) is 0 Å². The van der Waals surface area contributed by atoms with E-state index in [9.17, 15) is 9.18 Å². The SMILES string of the molecule is CC(C)(C)CCCc1cccc(CC(C)(C)C)c1.CC(C)(C)CNC(=O)c1nc(CC(C)(C)C)cs1.CC(C)(C)CNCc1ccc(CC(C)(C)C)cc1F.CC(C)(C)CNCc1ccc(CC(C)(C)C)o1.CC(C)(C)CNCc1csc(CC(C)(C)C)n1.CC(C)(C)Cc1csc(CC(C)(C)C)n1.CC(C)(C)Cc1csc(CC(C)(C)C)n1. The molecule has 0 aliphatic heterocycles. The summed E-state index contributed by atoms with van der Waals surface area (Å²) in [4.78, 5) is 30.4. The van der Waals surface area contributed by atoms with Crippen molar-refractivity contribution in [2.45, 2.75) is 387 Å². The van der Waals surface area contributed by atoms with Crippen LogP contribution in [-0.2, 0) is 83.8 Å². The largest absolute Gasteiger partial charge is 0.465 e. The van der Waals surface area contributed by atoms with Crippen molar-refractivity contribution in [2.24, 2.45) is 75.8 Å². The van der Waals surface area contributed by atoms with Gasteiger partial charge in [0.25, 0.3) is 5.91 Å². The number of benzene rings is 2. The minimum absolute atomic E-state index is 0.0601. The van der Waals surface area contributed by atoms with E-state index < -0.39 is 0 Å². The van der Waals surface area contributed by atoms with Crippen LogP contribution in [0.5, 0.6) is 0 Å². The smallest absolute Gasteiger partial charge is 0.280 e. The van der Waals surface area contributed by atoms with Gasteiger partial charge >= 0.3 is 0 Å². The van der Waals surface area contributed by atoms with E-state index in [0.717, 1.165) is 112 Å². The van der Waals surface area contributed by atoms with Crippen LogP contribution in [-0.4, -0.2) is 52.0 Å². The van der Waals surface area contributed by atoms with Crippen molar-refractivity contribution in [2.75, 3.05) is 26.2 Å². The molecule has 1 amide bonds. The molecule has 2 aromatic carbocycles. The normalized spacial score (nSPS) is 12.9. The van der Waals surface area contributed by atoms with Crippen molar-refractivity contribution in [3.05, 3.63) is 159 Å². The number of nitrogens with one attached hydrogen (secondary N) is 4. The number of nitrogens with zero attached hydrogens (tertiary/aromatic N) is 4. The first-order valence-corrected chi connectivity index (χ1v) is 48.0. The number of carbonyl (C=O) groups excluding carboxylic acids is 1. The Morgan fingerprint density at radius 2 is 0.672 bits per heavy atom. The fourth-order valence-electron chi connectivity index (χ4n) is 12.1. The van der Waals surface area contributed by atoms with Crippen LogP contribution in [0.25, 0.3) is 0 Å². The van der Waals surface area contributed by atoms with Crippen LogP contribution in [0.4, 0.5) is 4.39 Å². The second kappa shape index (κ2) is 48.3. The molecule has 0 saturated carbocycles. The van der Waals surface area contributed by atoms with Crippen LogP contribution < -0.4 is 21.3 Å². The maximum Gasteiger partial charge on any atom is 0.280 e. The molecule has 5 heterocycles. The molecule has 15 heteroatoms. The summed E-state index contributed by atoms with van der Waals surface area (Å²) in [6.07, 6.45) is 13.2. The van der Waals surface area contributed by atoms with Crippen LogP contribution >= 0.6 is 45.3 Å². The number of hydrogen-bond acceptors (Lipinski definition) is 13. The third-order valence-corrected chi connectivity index (χ3v) is 20.4. The van der Waals surface area contributed by atoms with Gasteiger partial charge in [-0.1, -0.05) is 327 Å². The summed E-state index contributed by atoms with van der Waals surface area (Å²) in [7, 11) is 0. The summed E-state index contributed by atoms with van der Waals surface area (Å²) in [6.45, 7) is 99.6. The lowest BCUT2D eigenvalue weighted by atomic mass is 9.86. The van der Waals surface area contributed by atoms with Gasteiger partial charge in [-0.15, -0.1) is 45.3 Å². The van der Waals surface area contributed by atoms with Gasteiger partial charge in [0.15, 0.2) is 5.01 Å². The molecule has 10 nitrogen and oxygen atoms in total. The molecule has 680 valence electrons. The van der Waals surface area contributed by atoms with Crippen LogP contribution in [0.3, 0.4) is 0 Å². The van der Waals surface area contributed by atoms with Gasteiger partial charge in [0.1, 0.15) is 17.3 Å². The summed E-state index contributed by atoms with van der Waals surface area (Å²) in [6, 6.07) is 19.0. The summed E-state index contributed by atoms with van der Waals surface area (Å²) in [5.41, 5.74) is 13.7.